The largest absolute Gasteiger partial charge is 0.375 e. The summed E-state index contributed by atoms with van der Waals surface area (Å²) in [6.07, 6.45) is 2.58. The molecular formula is C11H18N4O4S. The van der Waals surface area contributed by atoms with Gasteiger partial charge in [-0.1, -0.05) is 0 Å². The molecule has 20 heavy (non-hydrogen) atoms. The molecule has 1 aromatic rings. The first-order chi connectivity index (χ1) is 9.54. The summed E-state index contributed by atoms with van der Waals surface area (Å²) >= 11 is 0. The number of piperidine rings is 1. The Bertz CT molecular complexity index is 535. The van der Waals surface area contributed by atoms with Gasteiger partial charge in [0.05, 0.1) is 6.20 Å². The predicted octanol–water partition coefficient (Wildman–Crippen LogP) is -0.675. The fraction of sp³-hybridized carbons (Fsp3) is 0.636. The zero-order valence-electron chi connectivity index (χ0n) is 11.2. The summed E-state index contributed by atoms with van der Waals surface area (Å²) in [6.45, 7) is 0.769. The van der Waals surface area contributed by atoms with Crippen molar-refractivity contribution in [2.24, 2.45) is 0 Å². The normalized spacial score (nSPS) is 18.1. The molecule has 0 atom stereocenters. The van der Waals surface area contributed by atoms with Crippen molar-refractivity contribution in [1.29, 1.82) is 0 Å². The minimum absolute atomic E-state index is 0.00846. The number of H-pyrrole nitrogens is 1. The topological polar surface area (TPSA) is 104 Å². The van der Waals surface area contributed by atoms with Gasteiger partial charge < -0.3 is 10.1 Å². The summed E-state index contributed by atoms with van der Waals surface area (Å²) in [4.78, 5) is 11.4. The van der Waals surface area contributed by atoms with Crippen molar-refractivity contribution in [2.75, 3.05) is 26.8 Å². The van der Waals surface area contributed by atoms with E-state index in [4.69, 9.17) is 4.74 Å². The van der Waals surface area contributed by atoms with Crippen LogP contribution < -0.4 is 5.32 Å². The third-order valence-corrected chi connectivity index (χ3v) is 5.02. The number of carbonyl (C=O) groups excluding carboxylic acids is 1. The molecule has 0 radical (unpaired) electrons. The molecule has 8 nitrogen and oxygen atoms in total. The van der Waals surface area contributed by atoms with Gasteiger partial charge in [-0.15, -0.1) is 0 Å². The SMILES string of the molecule is COCC(=O)NC1CCN(S(=O)(=O)c2ccn[nH]2)CC1. The lowest BCUT2D eigenvalue weighted by molar-refractivity contribution is -0.125. The van der Waals surface area contributed by atoms with Crippen LogP contribution in [0.15, 0.2) is 17.3 Å². The van der Waals surface area contributed by atoms with Crippen LogP contribution in [0.4, 0.5) is 0 Å². The number of sulfonamides is 1. The molecular weight excluding hydrogens is 284 g/mol. The fourth-order valence-electron chi connectivity index (χ4n) is 2.17. The van der Waals surface area contributed by atoms with Crippen LogP contribution in [-0.4, -0.2) is 61.7 Å². The number of rotatable bonds is 5. The number of hydrogen-bond acceptors (Lipinski definition) is 5. The quantitative estimate of drug-likeness (QED) is 0.750. The molecule has 0 unspecified atom stereocenters. The van der Waals surface area contributed by atoms with Crippen molar-refractivity contribution >= 4 is 15.9 Å². The van der Waals surface area contributed by atoms with Crippen LogP contribution in [0.25, 0.3) is 0 Å². The van der Waals surface area contributed by atoms with Gasteiger partial charge in [-0.05, 0) is 18.9 Å². The van der Waals surface area contributed by atoms with Gasteiger partial charge in [0.25, 0.3) is 10.0 Å². The van der Waals surface area contributed by atoms with Crippen LogP contribution >= 0.6 is 0 Å². The molecule has 1 fully saturated rings. The average molecular weight is 302 g/mol. The maximum atomic E-state index is 12.2. The molecule has 1 aliphatic heterocycles. The van der Waals surface area contributed by atoms with E-state index >= 15 is 0 Å². The second-order valence-electron chi connectivity index (χ2n) is 4.60. The number of methoxy groups -OCH3 is 1. The maximum Gasteiger partial charge on any atom is 0.259 e. The Balaban J connectivity index is 1.90. The van der Waals surface area contributed by atoms with E-state index in [2.05, 4.69) is 15.5 Å². The lowest BCUT2D eigenvalue weighted by Gasteiger charge is -2.31. The van der Waals surface area contributed by atoms with Gasteiger partial charge in [-0.3, -0.25) is 9.89 Å². The van der Waals surface area contributed by atoms with Gasteiger partial charge in [-0.25, -0.2) is 8.42 Å². The first-order valence-corrected chi connectivity index (χ1v) is 7.76. The van der Waals surface area contributed by atoms with E-state index in [1.165, 1.54) is 23.7 Å². The number of nitrogens with zero attached hydrogens (tertiary/aromatic N) is 2. The third-order valence-electron chi connectivity index (χ3n) is 3.19. The molecule has 2 rings (SSSR count). The van der Waals surface area contributed by atoms with E-state index < -0.39 is 10.0 Å². The molecule has 1 aliphatic rings. The first kappa shape index (κ1) is 14.9. The van der Waals surface area contributed by atoms with Gasteiger partial charge in [0.1, 0.15) is 6.61 Å². The summed E-state index contributed by atoms with van der Waals surface area (Å²) in [7, 11) is -2.05. The monoisotopic (exact) mass is 302 g/mol. The van der Waals surface area contributed by atoms with Gasteiger partial charge in [-0.2, -0.15) is 9.40 Å². The van der Waals surface area contributed by atoms with Crippen molar-refractivity contribution in [2.45, 2.75) is 23.9 Å². The number of hydrogen-bond donors (Lipinski definition) is 2. The summed E-state index contributed by atoms with van der Waals surface area (Å²) in [6, 6.07) is 1.42. The van der Waals surface area contributed by atoms with Crippen molar-refractivity contribution in [3.63, 3.8) is 0 Å². The average Bonchev–Trinajstić information content (AvgIpc) is 2.94. The second-order valence-corrected chi connectivity index (χ2v) is 6.51. The molecule has 1 amide bonds. The summed E-state index contributed by atoms with van der Waals surface area (Å²) < 4.78 is 30.6. The van der Waals surface area contributed by atoms with E-state index in [-0.39, 0.29) is 23.6 Å². The lowest BCUT2D eigenvalue weighted by atomic mass is 10.1. The van der Waals surface area contributed by atoms with E-state index in [9.17, 15) is 13.2 Å². The Kier molecular flexibility index (Phi) is 4.73. The van der Waals surface area contributed by atoms with Gasteiger partial charge in [0.2, 0.25) is 5.91 Å². The highest BCUT2D eigenvalue weighted by molar-refractivity contribution is 7.89. The zero-order valence-corrected chi connectivity index (χ0v) is 12.0. The molecule has 9 heteroatoms. The first-order valence-electron chi connectivity index (χ1n) is 6.32. The molecule has 0 saturated carbocycles. The van der Waals surface area contributed by atoms with Gasteiger partial charge in [0.15, 0.2) is 5.03 Å². The van der Waals surface area contributed by atoms with E-state index in [1.54, 1.807) is 0 Å². The van der Waals surface area contributed by atoms with Crippen molar-refractivity contribution < 1.29 is 17.9 Å². The molecule has 0 aromatic carbocycles. The van der Waals surface area contributed by atoms with Crippen LogP contribution in [0.1, 0.15) is 12.8 Å². The number of carbonyl (C=O) groups is 1. The Morgan fingerprint density at radius 3 is 2.80 bits per heavy atom. The van der Waals surface area contributed by atoms with E-state index in [0.717, 1.165) is 0 Å². The minimum atomic E-state index is -3.50. The standard InChI is InChI=1S/C11H18N4O4S/c1-19-8-10(16)13-9-3-6-15(7-4-9)20(17,18)11-2-5-12-14-11/h2,5,9H,3-4,6-8H2,1H3,(H,12,14)(H,13,16). The van der Waals surface area contributed by atoms with Crippen LogP contribution in [0.5, 0.6) is 0 Å². The third kappa shape index (κ3) is 3.35. The number of nitrogens with one attached hydrogen (secondary N) is 2. The summed E-state index contributed by atoms with van der Waals surface area (Å²) in [5.41, 5.74) is 0. The van der Waals surface area contributed by atoms with Crippen molar-refractivity contribution in [3.8, 4) is 0 Å². The summed E-state index contributed by atoms with van der Waals surface area (Å²) in [5.74, 6) is -0.178. The molecule has 1 saturated heterocycles. The summed E-state index contributed by atoms with van der Waals surface area (Å²) in [5, 5.41) is 9.04. The predicted molar refractivity (Wildman–Crippen MR) is 70.4 cm³/mol. The molecule has 0 spiro atoms. The molecule has 2 N–H and O–H groups in total. The van der Waals surface area contributed by atoms with Crippen molar-refractivity contribution in [3.05, 3.63) is 12.3 Å². The van der Waals surface area contributed by atoms with Crippen LogP contribution in [-0.2, 0) is 19.6 Å². The Morgan fingerprint density at radius 1 is 1.55 bits per heavy atom. The maximum absolute atomic E-state index is 12.2. The minimum Gasteiger partial charge on any atom is -0.375 e. The number of aromatic nitrogens is 2. The lowest BCUT2D eigenvalue weighted by Crippen LogP contribution is -2.47. The second kappa shape index (κ2) is 6.33. The van der Waals surface area contributed by atoms with Crippen molar-refractivity contribution in [1.82, 2.24) is 19.8 Å². The highest BCUT2D eigenvalue weighted by Crippen LogP contribution is 2.18. The van der Waals surface area contributed by atoms with E-state index in [1.807, 2.05) is 0 Å². The number of amides is 1. The molecule has 2 heterocycles. The van der Waals surface area contributed by atoms with Crippen LogP contribution in [0.2, 0.25) is 0 Å². The highest BCUT2D eigenvalue weighted by Gasteiger charge is 2.30. The molecule has 0 bridgehead atoms. The number of ether oxygens (including phenoxy) is 1. The van der Waals surface area contributed by atoms with Crippen LogP contribution in [0.3, 0.4) is 0 Å². The van der Waals surface area contributed by atoms with Gasteiger partial charge in [0, 0.05) is 26.2 Å². The Morgan fingerprint density at radius 2 is 2.25 bits per heavy atom. The highest BCUT2D eigenvalue weighted by atomic mass is 32.2. The zero-order chi connectivity index (χ0) is 14.6. The van der Waals surface area contributed by atoms with E-state index in [0.29, 0.717) is 25.9 Å². The van der Waals surface area contributed by atoms with Crippen LogP contribution in [0, 0.1) is 0 Å². The van der Waals surface area contributed by atoms with Gasteiger partial charge >= 0.3 is 0 Å². The molecule has 112 valence electrons. The smallest absolute Gasteiger partial charge is 0.259 e. The fourth-order valence-corrected chi connectivity index (χ4v) is 3.54. The molecule has 1 aromatic heterocycles. The Labute approximate surface area is 117 Å². The molecule has 0 aliphatic carbocycles. The number of aromatic amines is 1. The Hall–Kier alpha value is -1.45.